The van der Waals surface area contributed by atoms with Crippen molar-refractivity contribution in [3.63, 3.8) is 0 Å². The van der Waals surface area contributed by atoms with Crippen molar-refractivity contribution in [3.8, 4) is 0 Å². The molecule has 0 aromatic heterocycles. The Morgan fingerprint density at radius 1 is 0.793 bits per heavy atom. The number of hydrogen-bond acceptors (Lipinski definition) is 7. The van der Waals surface area contributed by atoms with Crippen LogP contribution in [0, 0.1) is 5.92 Å². The molecule has 0 aliphatic carbocycles. The number of aliphatic hydroxyl groups is 1. The van der Waals surface area contributed by atoms with Crippen molar-refractivity contribution in [3.05, 3.63) is 0 Å². The molecule has 0 radical (unpaired) electrons. The summed E-state index contributed by atoms with van der Waals surface area (Å²) in [5.74, 6) is -0.899. The summed E-state index contributed by atoms with van der Waals surface area (Å²) < 4.78 is 16.2. The Labute approximate surface area is 174 Å². The average molecular weight is 418 g/mol. The molecule has 8 nitrogen and oxygen atoms in total. The van der Waals surface area contributed by atoms with Gasteiger partial charge in [-0.3, -0.25) is 0 Å². The number of carbonyl (C=O) groups is 3. The molecule has 0 bridgehead atoms. The maximum Gasteiger partial charge on any atom is 0.420 e. The zero-order valence-electron chi connectivity index (χ0n) is 19.6. The molecule has 0 heterocycles. The highest BCUT2D eigenvalue weighted by Crippen LogP contribution is 2.24. The van der Waals surface area contributed by atoms with Crippen molar-refractivity contribution in [2.75, 3.05) is 6.61 Å². The van der Waals surface area contributed by atoms with Gasteiger partial charge in [0.25, 0.3) is 0 Å². The van der Waals surface area contributed by atoms with Gasteiger partial charge in [-0.2, -0.15) is 4.90 Å². The number of carbonyl (C=O) groups excluding carboxylic acids is 3. The fourth-order valence-electron chi connectivity index (χ4n) is 2.35. The lowest BCUT2D eigenvalue weighted by Gasteiger charge is -2.34. The minimum Gasteiger partial charge on any atom is -0.458 e. The van der Waals surface area contributed by atoms with Crippen LogP contribution in [0.4, 0.5) is 9.59 Å². The van der Waals surface area contributed by atoms with Crippen LogP contribution in [0.25, 0.3) is 0 Å². The van der Waals surface area contributed by atoms with Gasteiger partial charge in [-0.25, -0.2) is 14.4 Å². The number of imide groups is 1. The lowest BCUT2D eigenvalue weighted by molar-refractivity contribution is -0.161. The molecular weight excluding hydrogens is 378 g/mol. The fraction of sp³-hybridized carbons (Fsp3) is 0.857. The molecule has 0 saturated heterocycles. The summed E-state index contributed by atoms with van der Waals surface area (Å²) in [6.07, 6.45) is -1.47. The molecule has 0 aliphatic heterocycles. The molecule has 1 N–H and O–H groups in total. The van der Waals surface area contributed by atoms with Crippen molar-refractivity contribution in [2.45, 2.75) is 105 Å². The molecule has 0 aromatic carbocycles. The number of rotatable bonds is 6. The van der Waals surface area contributed by atoms with Gasteiger partial charge >= 0.3 is 18.2 Å². The average Bonchev–Trinajstić information content (AvgIpc) is 2.40. The van der Waals surface area contributed by atoms with Crippen molar-refractivity contribution in [1.29, 1.82) is 0 Å². The van der Waals surface area contributed by atoms with E-state index in [-0.39, 0.29) is 18.9 Å². The van der Waals surface area contributed by atoms with E-state index in [1.807, 2.05) is 6.92 Å². The highest BCUT2D eigenvalue weighted by atomic mass is 16.6. The molecule has 0 saturated carbocycles. The molecule has 2 atom stereocenters. The molecule has 170 valence electrons. The van der Waals surface area contributed by atoms with Crippen molar-refractivity contribution >= 4 is 18.2 Å². The first-order chi connectivity index (χ1) is 12.9. The van der Waals surface area contributed by atoms with Gasteiger partial charge in [-0.05, 0) is 81.1 Å². The van der Waals surface area contributed by atoms with Crippen LogP contribution in [0.5, 0.6) is 0 Å². The van der Waals surface area contributed by atoms with Crippen LogP contribution in [0.3, 0.4) is 0 Å². The summed E-state index contributed by atoms with van der Waals surface area (Å²) >= 11 is 0. The normalized spacial score (nSPS) is 14.6. The predicted octanol–water partition coefficient (Wildman–Crippen LogP) is 4.28. The van der Waals surface area contributed by atoms with Gasteiger partial charge in [-0.1, -0.05) is 6.92 Å². The Kier molecular flexibility index (Phi) is 9.63. The molecule has 0 aliphatic rings. The number of aliphatic hydroxyl groups excluding tert-OH is 1. The SMILES string of the molecule is C[C@H](CCO)C[C@@H](C(=O)OC(C)(C)C)N(C(=O)OC(C)(C)C)C(=O)OC(C)(C)C. The summed E-state index contributed by atoms with van der Waals surface area (Å²) in [7, 11) is 0. The Bertz CT molecular complexity index is 539. The van der Waals surface area contributed by atoms with Crippen molar-refractivity contribution in [1.82, 2.24) is 4.90 Å². The Morgan fingerprint density at radius 3 is 1.48 bits per heavy atom. The van der Waals surface area contributed by atoms with Gasteiger partial charge in [0, 0.05) is 6.61 Å². The highest BCUT2D eigenvalue weighted by molar-refractivity contribution is 5.94. The quantitative estimate of drug-likeness (QED) is 0.508. The van der Waals surface area contributed by atoms with Crippen molar-refractivity contribution in [2.24, 2.45) is 5.92 Å². The van der Waals surface area contributed by atoms with E-state index in [1.54, 1.807) is 62.3 Å². The van der Waals surface area contributed by atoms with Gasteiger partial charge in [0.15, 0.2) is 0 Å². The maximum absolute atomic E-state index is 12.9. The first-order valence-corrected chi connectivity index (χ1v) is 9.95. The van der Waals surface area contributed by atoms with E-state index >= 15 is 0 Å². The molecule has 0 spiro atoms. The Morgan fingerprint density at radius 2 is 1.17 bits per heavy atom. The van der Waals surface area contributed by atoms with Gasteiger partial charge in [0.2, 0.25) is 0 Å². The third-order valence-electron chi connectivity index (χ3n) is 3.42. The number of hydrogen-bond donors (Lipinski definition) is 1. The van der Waals surface area contributed by atoms with Crippen LogP contribution in [0.1, 0.15) is 82.1 Å². The molecule has 0 fully saturated rings. The van der Waals surface area contributed by atoms with Crippen molar-refractivity contribution < 1.29 is 33.7 Å². The van der Waals surface area contributed by atoms with E-state index in [4.69, 9.17) is 14.2 Å². The smallest absolute Gasteiger partial charge is 0.420 e. The summed E-state index contributed by atoms with van der Waals surface area (Å²) in [4.78, 5) is 39.4. The third-order valence-corrected chi connectivity index (χ3v) is 3.42. The summed E-state index contributed by atoms with van der Waals surface area (Å²) in [6, 6.07) is -1.25. The molecular formula is C21H39NO7. The molecule has 29 heavy (non-hydrogen) atoms. The standard InChI is InChI=1S/C21H39NO7/c1-14(11-12-23)13-15(16(24)27-19(2,3)4)22(17(25)28-20(5,6)7)18(26)29-21(8,9)10/h14-15,23H,11-13H2,1-10H3/t14-,15+/m1/s1. The second-order valence-corrected chi connectivity index (χ2v) is 10.2. The second kappa shape index (κ2) is 10.3. The monoisotopic (exact) mass is 417 g/mol. The van der Waals surface area contributed by atoms with E-state index in [0.717, 1.165) is 0 Å². The van der Waals surface area contributed by atoms with E-state index in [2.05, 4.69) is 0 Å². The Balaban J connectivity index is 6.09. The molecule has 0 aromatic rings. The number of nitrogens with zero attached hydrogens (tertiary/aromatic N) is 1. The number of ether oxygens (including phenoxy) is 3. The first-order valence-electron chi connectivity index (χ1n) is 9.95. The van der Waals surface area contributed by atoms with E-state index in [9.17, 15) is 19.5 Å². The van der Waals surface area contributed by atoms with Crippen LogP contribution < -0.4 is 0 Å². The lowest BCUT2D eigenvalue weighted by Crippen LogP contribution is -2.53. The molecule has 8 heteroatoms. The van der Waals surface area contributed by atoms with Gasteiger partial charge in [0.05, 0.1) is 0 Å². The van der Waals surface area contributed by atoms with E-state index < -0.39 is 41.0 Å². The van der Waals surface area contributed by atoms with Crippen LogP contribution in [0.2, 0.25) is 0 Å². The van der Waals surface area contributed by atoms with Crippen LogP contribution in [-0.2, 0) is 19.0 Å². The van der Waals surface area contributed by atoms with E-state index in [1.165, 1.54) is 0 Å². The zero-order chi connectivity index (χ0) is 23.2. The molecule has 0 unspecified atom stereocenters. The summed E-state index contributed by atoms with van der Waals surface area (Å²) in [5, 5.41) is 9.22. The Hall–Kier alpha value is -1.83. The number of amides is 2. The highest BCUT2D eigenvalue weighted by Gasteiger charge is 2.42. The second-order valence-electron chi connectivity index (χ2n) is 10.2. The maximum atomic E-state index is 12.9. The van der Waals surface area contributed by atoms with Crippen LogP contribution in [-0.4, -0.2) is 57.6 Å². The summed E-state index contributed by atoms with van der Waals surface area (Å²) in [5.41, 5.74) is -2.58. The topological polar surface area (TPSA) is 102 Å². The zero-order valence-corrected chi connectivity index (χ0v) is 19.6. The first kappa shape index (κ1) is 27.2. The lowest BCUT2D eigenvalue weighted by atomic mass is 9.97. The van der Waals surface area contributed by atoms with Crippen LogP contribution in [0.15, 0.2) is 0 Å². The number of esters is 1. The minimum absolute atomic E-state index is 0.0823. The van der Waals surface area contributed by atoms with Gasteiger partial charge in [0.1, 0.15) is 22.8 Å². The predicted molar refractivity (Wildman–Crippen MR) is 109 cm³/mol. The minimum atomic E-state index is -1.25. The van der Waals surface area contributed by atoms with E-state index in [0.29, 0.717) is 11.3 Å². The van der Waals surface area contributed by atoms with Crippen LogP contribution >= 0.6 is 0 Å². The summed E-state index contributed by atoms with van der Waals surface area (Å²) in [6.45, 7) is 16.8. The van der Waals surface area contributed by atoms with Gasteiger partial charge in [-0.15, -0.1) is 0 Å². The van der Waals surface area contributed by atoms with Gasteiger partial charge < -0.3 is 19.3 Å². The fourth-order valence-corrected chi connectivity index (χ4v) is 2.35. The molecule has 2 amide bonds. The molecule has 0 rings (SSSR count). The largest absolute Gasteiger partial charge is 0.458 e. The third kappa shape index (κ3) is 11.7.